The first-order chi connectivity index (χ1) is 8.60. The lowest BCUT2D eigenvalue weighted by Crippen LogP contribution is -2.61. The Kier molecular flexibility index (Phi) is 4.59. The van der Waals surface area contributed by atoms with Crippen molar-refractivity contribution in [2.45, 2.75) is 63.3 Å². The molecule has 0 aromatic heterocycles. The summed E-state index contributed by atoms with van der Waals surface area (Å²) < 4.78 is -0.150. The van der Waals surface area contributed by atoms with E-state index >= 15 is 0 Å². The molecular formula is C14H26N2OS. The maximum atomic E-state index is 12.8. The van der Waals surface area contributed by atoms with Gasteiger partial charge in [0, 0.05) is 25.2 Å². The third kappa shape index (κ3) is 2.69. The number of nitrogens with one attached hydrogen (secondary N) is 1. The van der Waals surface area contributed by atoms with Crippen molar-refractivity contribution in [3.8, 4) is 0 Å². The molecule has 4 heteroatoms. The van der Waals surface area contributed by atoms with Crippen LogP contribution in [0.5, 0.6) is 0 Å². The minimum Gasteiger partial charge on any atom is -0.336 e. The average molecular weight is 270 g/mol. The van der Waals surface area contributed by atoms with Gasteiger partial charge < -0.3 is 10.2 Å². The van der Waals surface area contributed by atoms with Crippen molar-refractivity contribution in [1.82, 2.24) is 10.2 Å². The van der Waals surface area contributed by atoms with Crippen LogP contribution in [0.1, 0.15) is 46.5 Å². The Hall–Kier alpha value is -0.220. The van der Waals surface area contributed by atoms with Crippen molar-refractivity contribution < 1.29 is 4.79 Å². The Balaban J connectivity index is 2.09. The molecule has 0 aliphatic carbocycles. The normalized spacial score (nSPS) is 36.9. The second-order valence-electron chi connectivity index (χ2n) is 5.72. The molecule has 0 bridgehead atoms. The summed E-state index contributed by atoms with van der Waals surface area (Å²) in [5, 5.41) is 3.56. The van der Waals surface area contributed by atoms with E-state index in [1.807, 2.05) is 11.8 Å². The summed E-state index contributed by atoms with van der Waals surface area (Å²) in [6.45, 7) is 8.37. The van der Waals surface area contributed by atoms with Crippen molar-refractivity contribution in [2.75, 3.05) is 18.8 Å². The molecule has 2 fully saturated rings. The van der Waals surface area contributed by atoms with Crippen molar-refractivity contribution in [3.63, 3.8) is 0 Å². The molecule has 2 rings (SSSR count). The molecule has 18 heavy (non-hydrogen) atoms. The minimum atomic E-state index is -0.150. The third-order valence-corrected chi connectivity index (χ3v) is 5.90. The van der Waals surface area contributed by atoms with Crippen LogP contribution in [0.2, 0.25) is 0 Å². The molecule has 0 spiro atoms. The van der Waals surface area contributed by atoms with Gasteiger partial charge >= 0.3 is 0 Å². The second-order valence-corrected chi connectivity index (χ2v) is 7.31. The quantitative estimate of drug-likeness (QED) is 0.854. The van der Waals surface area contributed by atoms with Crippen LogP contribution in [-0.2, 0) is 4.79 Å². The van der Waals surface area contributed by atoms with Gasteiger partial charge in [-0.05, 0) is 38.4 Å². The summed E-state index contributed by atoms with van der Waals surface area (Å²) in [7, 11) is 0. The van der Waals surface area contributed by atoms with Gasteiger partial charge in [0.15, 0.2) is 0 Å². The van der Waals surface area contributed by atoms with Crippen molar-refractivity contribution in [3.05, 3.63) is 0 Å². The van der Waals surface area contributed by atoms with E-state index in [0.29, 0.717) is 18.0 Å². The van der Waals surface area contributed by atoms with Crippen LogP contribution in [0, 0.1) is 0 Å². The predicted octanol–water partition coefficient (Wildman–Crippen LogP) is 2.26. The zero-order chi connectivity index (χ0) is 13.2. The number of nitrogens with zero attached hydrogens (tertiary/aromatic N) is 1. The smallest absolute Gasteiger partial charge is 0.238 e. The average Bonchev–Trinajstić information content (AvgIpc) is 2.85. The monoisotopic (exact) mass is 270 g/mol. The van der Waals surface area contributed by atoms with E-state index in [2.05, 4.69) is 31.0 Å². The number of hydrogen-bond acceptors (Lipinski definition) is 3. The molecule has 1 N–H and O–H groups in total. The number of carbonyl (C=O) groups excluding carboxylic acids is 1. The molecule has 0 aromatic carbocycles. The molecule has 0 radical (unpaired) electrons. The molecule has 3 unspecified atom stereocenters. The van der Waals surface area contributed by atoms with Gasteiger partial charge in [0.05, 0.1) is 4.75 Å². The number of hydrogen-bond donors (Lipinski definition) is 1. The van der Waals surface area contributed by atoms with Gasteiger partial charge in [-0.25, -0.2) is 0 Å². The van der Waals surface area contributed by atoms with E-state index in [-0.39, 0.29) is 4.75 Å². The first kappa shape index (κ1) is 14.2. The van der Waals surface area contributed by atoms with E-state index in [9.17, 15) is 4.79 Å². The molecule has 0 aromatic rings. The largest absolute Gasteiger partial charge is 0.336 e. The maximum Gasteiger partial charge on any atom is 0.238 e. The molecule has 0 saturated carbocycles. The van der Waals surface area contributed by atoms with Gasteiger partial charge in [0.1, 0.15) is 0 Å². The maximum absolute atomic E-state index is 12.8. The Bertz CT molecular complexity index is 302. The summed E-state index contributed by atoms with van der Waals surface area (Å²) in [6.07, 6.45) is 4.39. The first-order valence-electron chi connectivity index (χ1n) is 7.29. The Morgan fingerprint density at radius 2 is 2.22 bits per heavy atom. The number of carbonyl (C=O) groups is 1. The molecule has 2 heterocycles. The number of amides is 1. The summed E-state index contributed by atoms with van der Waals surface area (Å²) in [5.41, 5.74) is 0. The van der Waals surface area contributed by atoms with Gasteiger partial charge in [-0.2, -0.15) is 0 Å². The standard InChI is InChI=1S/C14H26N2OS/c1-4-11-10-16(12(5-2)9-15-11)13(17)14(3)7-6-8-18-14/h11-12,15H,4-10H2,1-3H3. The molecule has 2 saturated heterocycles. The lowest BCUT2D eigenvalue weighted by molar-refractivity contribution is -0.137. The van der Waals surface area contributed by atoms with Gasteiger partial charge in [0.25, 0.3) is 0 Å². The number of rotatable bonds is 3. The van der Waals surface area contributed by atoms with Crippen LogP contribution in [-0.4, -0.2) is 46.5 Å². The fourth-order valence-electron chi connectivity index (χ4n) is 3.00. The van der Waals surface area contributed by atoms with E-state index < -0.39 is 0 Å². The molecule has 2 aliphatic rings. The third-order valence-electron chi connectivity index (χ3n) is 4.40. The van der Waals surface area contributed by atoms with Crippen LogP contribution in [0.4, 0.5) is 0 Å². The fourth-order valence-corrected chi connectivity index (χ4v) is 4.27. The number of piperazine rings is 1. The lowest BCUT2D eigenvalue weighted by Gasteiger charge is -2.43. The van der Waals surface area contributed by atoms with Crippen LogP contribution in [0.15, 0.2) is 0 Å². The van der Waals surface area contributed by atoms with Crippen LogP contribution < -0.4 is 5.32 Å². The van der Waals surface area contributed by atoms with Gasteiger partial charge in [-0.3, -0.25) is 4.79 Å². The topological polar surface area (TPSA) is 32.3 Å². The summed E-state index contributed by atoms with van der Waals surface area (Å²) in [5.74, 6) is 1.53. The first-order valence-corrected chi connectivity index (χ1v) is 8.27. The summed E-state index contributed by atoms with van der Waals surface area (Å²) in [4.78, 5) is 15.0. The molecule has 2 aliphatic heterocycles. The zero-order valence-corrected chi connectivity index (χ0v) is 12.7. The lowest BCUT2D eigenvalue weighted by atomic mass is 9.99. The predicted molar refractivity (Wildman–Crippen MR) is 78.0 cm³/mol. The van der Waals surface area contributed by atoms with Crippen LogP contribution >= 0.6 is 11.8 Å². The Morgan fingerprint density at radius 3 is 2.78 bits per heavy atom. The highest BCUT2D eigenvalue weighted by molar-refractivity contribution is 8.01. The van der Waals surface area contributed by atoms with E-state index in [1.165, 1.54) is 6.42 Å². The molecule has 1 amide bonds. The molecule has 3 nitrogen and oxygen atoms in total. The van der Waals surface area contributed by atoms with E-state index in [1.54, 1.807) is 0 Å². The van der Waals surface area contributed by atoms with Crippen molar-refractivity contribution in [2.24, 2.45) is 0 Å². The molecule has 3 atom stereocenters. The Labute approximate surface area is 115 Å². The highest BCUT2D eigenvalue weighted by Crippen LogP contribution is 2.40. The summed E-state index contributed by atoms with van der Waals surface area (Å²) >= 11 is 1.86. The molecule has 104 valence electrons. The van der Waals surface area contributed by atoms with Crippen molar-refractivity contribution >= 4 is 17.7 Å². The highest BCUT2D eigenvalue weighted by atomic mass is 32.2. The number of thioether (sulfide) groups is 1. The van der Waals surface area contributed by atoms with Gasteiger partial charge in [-0.15, -0.1) is 11.8 Å². The van der Waals surface area contributed by atoms with Gasteiger partial charge in [-0.1, -0.05) is 13.8 Å². The highest BCUT2D eigenvalue weighted by Gasteiger charge is 2.43. The van der Waals surface area contributed by atoms with E-state index in [0.717, 1.165) is 38.1 Å². The van der Waals surface area contributed by atoms with E-state index in [4.69, 9.17) is 0 Å². The van der Waals surface area contributed by atoms with Crippen LogP contribution in [0.3, 0.4) is 0 Å². The summed E-state index contributed by atoms with van der Waals surface area (Å²) in [6, 6.07) is 0.866. The molecular weight excluding hydrogens is 244 g/mol. The van der Waals surface area contributed by atoms with Crippen LogP contribution in [0.25, 0.3) is 0 Å². The second kappa shape index (κ2) is 5.83. The zero-order valence-electron chi connectivity index (χ0n) is 11.9. The van der Waals surface area contributed by atoms with Crippen molar-refractivity contribution in [1.29, 1.82) is 0 Å². The fraction of sp³-hybridized carbons (Fsp3) is 0.929. The minimum absolute atomic E-state index is 0.150. The van der Waals surface area contributed by atoms with Gasteiger partial charge in [0.2, 0.25) is 5.91 Å². The SMILES string of the molecule is CCC1CN(C(=O)C2(C)CCCS2)C(CC)CN1. The Morgan fingerprint density at radius 1 is 1.44 bits per heavy atom.